The zero-order chi connectivity index (χ0) is 13.5. The smallest absolute Gasteiger partial charge is 0.220 e. The van der Waals surface area contributed by atoms with Crippen molar-refractivity contribution in [2.45, 2.75) is 26.7 Å². The standard InChI is InChI=1S/C14H21NO2S/c1-10-8-11(2)14(17-3)12(9-10)4-6-15-13(16)5-7-18/h8-9,18H,4-7H2,1-3H3,(H,15,16). The summed E-state index contributed by atoms with van der Waals surface area (Å²) in [7, 11) is 1.68. The molecule has 0 heterocycles. The van der Waals surface area contributed by atoms with E-state index in [0.29, 0.717) is 18.7 Å². The molecule has 1 N–H and O–H groups in total. The molecule has 0 saturated heterocycles. The van der Waals surface area contributed by atoms with Crippen LogP contribution in [0.4, 0.5) is 0 Å². The molecule has 0 saturated carbocycles. The number of aryl methyl sites for hydroxylation is 2. The molecule has 0 aliphatic heterocycles. The predicted molar refractivity (Wildman–Crippen MR) is 77.7 cm³/mol. The molecule has 1 aromatic rings. The maximum absolute atomic E-state index is 11.3. The lowest BCUT2D eigenvalue weighted by molar-refractivity contribution is -0.120. The molecule has 0 aliphatic carbocycles. The van der Waals surface area contributed by atoms with Crippen LogP contribution in [0.5, 0.6) is 5.75 Å². The fraction of sp³-hybridized carbons (Fsp3) is 0.500. The summed E-state index contributed by atoms with van der Waals surface area (Å²) in [6.07, 6.45) is 1.25. The van der Waals surface area contributed by atoms with Gasteiger partial charge in [-0.3, -0.25) is 4.79 Å². The van der Waals surface area contributed by atoms with Crippen LogP contribution >= 0.6 is 12.6 Å². The highest BCUT2D eigenvalue weighted by molar-refractivity contribution is 7.80. The molecule has 1 aromatic carbocycles. The molecule has 0 bridgehead atoms. The van der Waals surface area contributed by atoms with Gasteiger partial charge in [0.1, 0.15) is 5.75 Å². The third-order valence-electron chi connectivity index (χ3n) is 2.76. The minimum Gasteiger partial charge on any atom is -0.496 e. The topological polar surface area (TPSA) is 38.3 Å². The maximum atomic E-state index is 11.3. The first kappa shape index (κ1) is 14.9. The number of hydrogen-bond donors (Lipinski definition) is 2. The Bertz CT molecular complexity index is 419. The van der Waals surface area contributed by atoms with Gasteiger partial charge in [-0.1, -0.05) is 17.7 Å². The second kappa shape index (κ2) is 7.31. The van der Waals surface area contributed by atoms with Crippen LogP contribution in [0.25, 0.3) is 0 Å². The highest BCUT2D eigenvalue weighted by Gasteiger charge is 2.08. The van der Waals surface area contributed by atoms with Crippen LogP contribution < -0.4 is 10.1 Å². The minimum absolute atomic E-state index is 0.0494. The summed E-state index contributed by atoms with van der Waals surface area (Å²) in [5.41, 5.74) is 3.49. The quantitative estimate of drug-likeness (QED) is 0.776. The molecule has 0 fully saturated rings. The number of benzene rings is 1. The average Bonchev–Trinajstić information content (AvgIpc) is 2.28. The van der Waals surface area contributed by atoms with Crippen LogP contribution in [0.3, 0.4) is 0 Å². The first-order chi connectivity index (χ1) is 8.58. The molecular formula is C14H21NO2S. The van der Waals surface area contributed by atoms with Gasteiger partial charge in [0.05, 0.1) is 7.11 Å². The molecule has 0 radical (unpaired) electrons. The second-order valence-corrected chi connectivity index (χ2v) is 4.79. The van der Waals surface area contributed by atoms with Gasteiger partial charge >= 0.3 is 0 Å². The van der Waals surface area contributed by atoms with Crippen LogP contribution in [0.15, 0.2) is 12.1 Å². The number of rotatable bonds is 6. The van der Waals surface area contributed by atoms with E-state index >= 15 is 0 Å². The van der Waals surface area contributed by atoms with Gasteiger partial charge < -0.3 is 10.1 Å². The molecule has 100 valence electrons. The van der Waals surface area contributed by atoms with Gasteiger partial charge in [0, 0.05) is 13.0 Å². The van der Waals surface area contributed by atoms with Crippen LogP contribution in [0.2, 0.25) is 0 Å². The summed E-state index contributed by atoms with van der Waals surface area (Å²) in [6, 6.07) is 4.21. The molecule has 1 amide bonds. The van der Waals surface area contributed by atoms with Crippen molar-refractivity contribution in [1.82, 2.24) is 5.32 Å². The summed E-state index contributed by atoms with van der Waals surface area (Å²) >= 11 is 4.03. The van der Waals surface area contributed by atoms with E-state index in [1.165, 1.54) is 5.56 Å². The summed E-state index contributed by atoms with van der Waals surface area (Å²) in [6.45, 7) is 4.73. The molecule has 0 atom stereocenters. The molecule has 18 heavy (non-hydrogen) atoms. The minimum atomic E-state index is 0.0494. The van der Waals surface area contributed by atoms with E-state index in [-0.39, 0.29) is 5.91 Å². The molecule has 0 aromatic heterocycles. The lowest BCUT2D eigenvalue weighted by Gasteiger charge is -2.13. The van der Waals surface area contributed by atoms with Crippen LogP contribution in [-0.2, 0) is 11.2 Å². The zero-order valence-corrected chi connectivity index (χ0v) is 12.1. The number of thiol groups is 1. The van der Waals surface area contributed by atoms with Crippen molar-refractivity contribution in [1.29, 1.82) is 0 Å². The monoisotopic (exact) mass is 267 g/mol. The van der Waals surface area contributed by atoms with E-state index in [9.17, 15) is 4.79 Å². The SMILES string of the molecule is COc1c(C)cc(C)cc1CCNC(=O)CCS. The maximum Gasteiger partial charge on any atom is 0.220 e. The van der Waals surface area contributed by atoms with Crippen molar-refractivity contribution in [2.24, 2.45) is 0 Å². The van der Waals surface area contributed by atoms with Gasteiger partial charge in [-0.2, -0.15) is 12.6 Å². The number of carbonyl (C=O) groups is 1. The Labute approximate surface area is 114 Å². The number of carbonyl (C=O) groups excluding carboxylic acids is 1. The molecule has 0 spiro atoms. The number of methoxy groups -OCH3 is 1. The fourth-order valence-electron chi connectivity index (χ4n) is 2.05. The third-order valence-corrected chi connectivity index (χ3v) is 2.98. The predicted octanol–water partition coefficient (Wildman–Crippen LogP) is 2.29. The van der Waals surface area contributed by atoms with Gasteiger partial charge in [0.2, 0.25) is 5.91 Å². The van der Waals surface area contributed by atoms with E-state index in [1.807, 2.05) is 6.92 Å². The Hall–Kier alpha value is -1.16. The van der Waals surface area contributed by atoms with E-state index in [2.05, 4.69) is 37.0 Å². The van der Waals surface area contributed by atoms with Gasteiger partial charge in [0.25, 0.3) is 0 Å². The van der Waals surface area contributed by atoms with Crippen molar-refractivity contribution < 1.29 is 9.53 Å². The third kappa shape index (κ3) is 4.26. The molecule has 3 nitrogen and oxygen atoms in total. The highest BCUT2D eigenvalue weighted by Crippen LogP contribution is 2.25. The number of nitrogens with one attached hydrogen (secondary N) is 1. The Morgan fingerprint density at radius 1 is 1.39 bits per heavy atom. The van der Waals surface area contributed by atoms with Crippen LogP contribution in [0.1, 0.15) is 23.1 Å². The Morgan fingerprint density at radius 2 is 2.11 bits per heavy atom. The molecular weight excluding hydrogens is 246 g/mol. The number of hydrogen-bond acceptors (Lipinski definition) is 3. The summed E-state index contributed by atoms with van der Waals surface area (Å²) < 4.78 is 5.41. The highest BCUT2D eigenvalue weighted by atomic mass is 32.1. The molecule has 1 rings (SSSR count). The van der Waals surface area contributed by atoms with Gasteiger partial charge in [-0.05, 0) is 37.1 Å². The van der Waals surface area contributed by atoms with Crippen LogP contribution in [-0.4, -0.2) is 25.3 Å². The first-order valence-electron chi connectivity index (χ1n) is 6.10. The van der Waals surface area contributed by atoms with E-state index in [1.54, 1.807) is 7.11 Å². The van der Waals surface area contributed by atoms with Gasteiger partial charge in [-0.15, -0.1) is 0 Å². The molecule has 0 aliphatic rings. The largest absolute Gasteiger partial charge is 0.496 e. The Balaban J connectivity index is 2.64. The van der Waals surface area contributed by atoms with E-state index in [0.717, 1.165) is 23.3 Å². The van der Waals surface area contributed by atoms with E-state index in [4.69, 9.17) is 4.74 Å². The Morgan fingerprint density at radius 3 is 2.72 bits per heavy atom. The van der Waals surface area contributed by atoms with Crippen molar-refractivity contribution in [3.05, 3.63) is 28.8 Å². The zero-order valence-electron chi connectivity index (χ0n) is 11.2. The normalized spacial score (nSPS) is 10.2. The summed E-state index contributed by atoms with van der Waals surface area (Å²) in [4.78, 5) is 11.3. The van der Waals surface area contributed by atoms with Gasteiger partial charge in [-0.25, -0.2) is 0 Å². The molecule has 4 heteroatoms. The summed E-state index contributed by atoms with van der Waals surface area (Å²) in [5.74, 6) is 1.55. The summed E-state index contributed by atoms with van der Waals surface area (Å²) in [5, 5.41) is 2.88. The van der Waals surface area contributed by atoms with Crippen molar-refractivity contribution >= 4 is 18.5 Å². The van der Waals surface area contributed by atoms with Crippen molar-refractivity contribution in [3.8, 4) is 5.75 Å². The van der Waals surface area contributed by atoms with E-state index < -0.39 is 0 Å². The number of amides is 1. The van der Waals surface area contributed by atoms with Crippen molar-refractivity contribution in [3.63, 3.8) is 0 Å². The fourth-order valence-corrected chi connectivity index (χ4v) is 2.25. The Kier molecular flexibility index (Phi) is 6.05. The second-order valence-electron chi connectivity index (χ2n) is 4.35. The van der Waals surface area contributed by atoms with Gasteiger partial charge in [0.15, 0.2) is 0 Å². The lowest BCUT2D eigenvalue weighted by atomic mass is 10.0. The first-order valence-corrected chi connectivity index (χ1v) is 6.73. The average molecular weight is 267 g/mol. The van der Waals surface area contributed by atoms with Crippen molar-refractivity contribution in [2.75, 3.05) is 19.4 Å². The molecule has 0 unspecified atom stereocenters. The lowest BCUT2D eigenvalue weighted by Crippen LogP contribution is -2.25. The van der Waals surface area contributed by atoms with Crippen LogP contribution in [0, 0.1) is 13.8 Å². The number of ether oxygens (including phenoxy) is 1.